The van der Waals surface area contributed by atoms with Crippen LogP contribution >= 0.6 is 0 Å². The van der Waals surface area contributed by atoms with E-state index in [9.17, 15) is 15.0 Å². The van der Waals surface area contributed by atoms with Gasteiger partial charge in [-0.2, -0.15) is 0 Å². The Morgan fingerprint density at radius 2 is 1.69 bits per heavy atom. The number of ketones is 1. The molecule has 0 saturated carbocycles. The molecule has 0 amide bonds. The van der Waals surface area contributed by atoms with E-state index in [4.69, 9.17) is 9.47 Å². The van der Waals surface area contributed by atoms with Crippen molar-refractivity contribution in [2.24, 2.45) is 0 Å². The fourth-order valence-electron chi connectivity index (χ4n) is 2.42. The molecule has 0 heterocycles. The normalized spacial score (nSPS) is 11.9. The first kappa shape index (κ1) is 21.8. The molecule has 2 aromatic rings. The molecule has 29 heavy (non-hydrogen) atoms. The molecule has 0 unspecified atom stereocenters. The van der Waals surface area contributed by atoms with E-state index in [0.717, 1.165) is 30.0 Å². The summed E-state index contributed by atoms with van der Waals surface area (Å²) in [6.45, 7) is 2.73. The Morgan fingerprint density at radius 3 is 2.38 bits per heavy atom. The zero-order valence-electron chi connectivity index (χ0n) is 16.7. The monoisotopic (exact) mass is 394 g/mol. The van der Waals surface area contributed by atoms with Gasteiger partial charge in [-0.05, 0) is 54.0 Å². The van der Waals surface area contributed by atoms with Gasteiger partial charge in [-0.15, -0.1) is 0 Å². The summed E-state index contributed by atoms with van der Waals surface area (Å²) in [7, 11) is 1.58. The molecule has 0 radical (unpaired) electrons. The maximum Gasteiger partial charge on any atom is 0.182 e. The number of unbranched alkanes of at least 4 members (excludes halogenated alkanes) is 1. The van der Waals surface area contributed by atoms with Gasteiger partial charge in [0.25, 0.3) is 0 Å². The van der Waals surface area contributed by atoms with Gasteiger partial charge in [0.2, 0.25) is 0 Å². The maximum atomic E-state index is 11.9. The van der Waals surface area contributed by atoms with Gasteiger partial charge in [0.15, 0.2) is 17.3 Å². The van der Waals surface area contributed by atoms with Gasteiger partial charge in [0, 0.05) is 6.08 Å². The standard InChI is InChI=1S/C24H26O5/c1-3-4-15-29-23-14-9-19(16-24(23)28-2)8-13-22(27)17-21(26)12-7-18-5-10-20(25)11-6-18/h5-14,16-17,25,27H,3-4,15H2,1-2H3/b12-7+,13-8+,22-17?. The van der Waals surface area contributed by atoms with Crippen molar-refractivity contribution in [3.05, 3.63) is 77.6 Å². The first-order chi connectivity index (χ1) is 14.0. The Morgan fingerprint density at radius 1 is 1.00 bits per heavy atom. The van der Waals surface area contributed by atoms with Crippen molar-refractivity contribution in [3.8, 4) is 17.2 Å². The largest absolute Gasteiger partial charge is 0.508 e. The second-order valence-electron chi connectivity index (χ2n) is 6.34. The van der Waals surface area contributed by atoms with Gasteiger partial charge in [-0.25, -0.2) is 0 Å². The molecule has 0 fully saturated rings. The third-order valence-electron chi connectivity index (χ3n) is 4.01. The zero-order chi connectivity index (χ0) is 21.1. The highest BCUT2D eigenvalue weighted by atomic mass is 16.5. The number of phenolic OH excluding ortho intramolecular Hbond substituents is 1. The van der Waals surface area contributed by atoms with Crippen LogP contribution in [0, 0.1) is 0 Å². The molecular weight excluding hydrogens is 368 g/mol. The molecule has 5 nitrogen and oxygen atoms in total. The average molecular weight is 394 g/mol. The molecule has 0 aliphatic heterocycles. The number of phenols is 1. The minimum atomic E-state index is -0.350. The third kappa shape index (κ3) is 7.58. The van der Waals surface area contributed by atoms with Gasteiger partial charge in [-0.1, -0.05) is 43.7 Å². The Bertz CT molecular complexity index is 892. The minimum absolute atomic E-state index is 0.160. The van der Waals surface area contributed by atoms with Crippen LogP contribution in [0.2, 0.25) is 0 Å². The van der Waals surface area contributed by atoms with Crippen LogP contribution in [0.15, 0.2) is 66.5 Å². The topological polar surface area (TPSA) is 76.0 Å². The predicted molar refractivity (Wildman–Crippen MR) is 115 cm³/mol. The van der Waals surface area contributed by atoms with Gasteiger partial charge < -0.3 is 19.7 Å². The predicted octanol–water partition coefficient (Wildman–Crippen LogP) is 5.32. The van der Waals surface area contributed by atoms with Crippen molar-refractivity contribution in [1.29, 1.82) is 0 Å². The fourth-order valence-corrected chi connectivity index (χ4v) is 2.42. The highest BCUT2D eigenvalue weighted by Crippen LogP contribution is 2.28. The van der Waals surface area contributed by atoms with E-state index in [-0.39, 0.29) is 17.3 Å². The van der Waals surface area contributed by atoms with Gasteiger partial charge in [0.05, 0.1) is 13.7 Å². The minimum Gasteiger partial charge on any atom is -0.508 e. The summed E-state index contributed by atoms with van der Waals surface area (Å²) in [5.74, 6) is 0.936. The second-order valence-corrected chi connectivity index (χ2v) is 6.34. The summed E-state index contributed by atoms with van der Waals surface area (Å²) < 4.78 is 11.1. The Labute approximate surface area is 171 Å². The number of aromatic hydroxyl groups is 1. The number of hydrogen-bond donors (Lipinski definition) is 2. The molecule has 0 spiro atoms. The number of aliphatic hydroxyl groups excluding tert-OH is 1. The van der Waals surface area contributed by atoms with E-state index in [0.29, 0.717) is 18.1 Å². The first-order valence-corrected chi connectivity index (χ1v) is 9.42. The van der Waals surface area contributed by atoms with E-state index < -0.39 is 0 Å². The van der Waals surface area contributed by atoms with Crippen LogP contribution in [-0.4, -0.2) is 29.7 Å². The molecule has 0 aromatic heterocycles. The summed E-state index contributed by atoms with van der Waals surface area (Å²) >= 11 is 0. The number of methoxy groups -OCH3 is 1. The van der Waals surface area contributed by atoms with E-state index in [1.807, 2.05) is 12.1 Å². The quantitative estimate of drug-likeness (QED) is 0.247. The highest BCUT2D eigenvalue weighted by Gasteiger charge is 2.04. The Balaban J connectivity index is 2.00. The Hall–Kier alpha value is -3.47. The molecule has 2 rings (SSSR count). The van der Waals surface area contributed by atoms with Crippen LogP contribution in [0.25, 0.3) is 12.2 Å². The highest BCUT2D eigenvalue weighted by molar-refractivity contribution is 6.02. The lowest BCUT2D eigenvalue weighted by Crippen LogP contribution is -1.98. The van der Waals surface area contributed by atoms with Crippen molar-refractivity contribution >= 4 is 17.9 Å². The van der Waals surface area contributed by atoms with Crippen molar-refractivity contribution < 1.29 is 24.5 Å². The van der Waals surface area contributed by atoms with Crippen LogP contribution in [-0.2, 0) is 4.79 Å². The summed E-state index contributed by atoms with van der Waals surface area (Å²) in [5, 5.41) is 19.2. The summed E-state index contributed by atoms with van der Waals surface area (Å²) in [4.78, 5) is 11.9. The number of benzene rings is 2. The van der Waals surface area contributed by atoms with E-state index >= 15 is 0 Å². The first-order valence-electron chi connectivity index (χ1n) is 9.42. The molecule has 0 atom stereocenters. The second kappa shape index (κ2) is 11.4. The lowest BCUT2D eigenvalue weighted by molar-refractivity contribution is -0.110. The lowest BCUT2D eigenvalue weighted by Gasteiger charge is -2.10. The lowest BCUT2D eigenvalue weighted by atomic mass is 10.1. The van der Waals surface area contributed by atoms with Crippen molar-refractivity contribution in [1.82, 2.24) is 0 Å². The number of allylic oxidation sites excluding steroid dienone is 3. The number of hydrogen-bond acceptors (Lipinski definition) is 5. The molecule has 2 aromatic carbocycles. The number of ether oxygens (including phenoxy) is 2. The molecule has 0 aliphatic carbocycles. The molecule has 152 valence electrons. The number of carbonyl (C=O) groups excluding carboxylic acids is 1. The van der Waals surface area contributed by atoms with Crippen molar-refractivity contribution in [2.75, 3.05) is 13.7 Å². The molecule has 5 heteroatoms. The average Bonchev–Trinajstić information content (AvgIpc) is 2.72. The Kier molecular flexibility index (Phi) is 8.57. The van der Waals surface area contributed by atoms with E-state index in [1.54, 1.807) is 37.5 Å². The smallest absolute Gasteiger partial charge is 0.182 e. The van der Waals surface area contributed by atoms with Crippen molar-refractivity contribution in [3.63, 3.8) is 0 Å². The van der Waals surface area contributed by atoms with Crippen LogP contribution in [0.4, 0.5) is 0 Å². The number of rotatable bonds is 10. The van der Waals surface area contributed by atoms with Crippen LogP contribution in [0.5, 0.6) is 17.2 Å². The van der Waals surface area contributed by atoms with Gasteiger partial charge in [-0.3, -0.25) is 4.79 Å². The molecule has 0 aliphatic rings. The van der Waals surface area contributed by atoms with Crippen LogP contribution in [0.1, 0.15) is 30.9 Å². The molecular formula is C24H26O5. The number of carbonyl (C=O) groups is 1. The third-order valence-corrected chi connectivity index (χ3v) is 4.01. The zero-order valence-corrected chi connectivity index (χ0v) is 16.7. The molecule has 0 saturated heterocycles. The maximum absolute atomic E-state index is 11.9. The summed E-state index contributed by atoms with van der Waals surface area (Å²) in [6.07, 6.45) is 9.24. The van der Waals surface area contributed by atoms with Crippen molar-refractivity contribution in [2.45, 2.75) is 19.8 Å². The fraction of sp³-hybridized carbons (Fsp3) is 0.208. The van der Waals surface area contributed by atoms with E-state index in [1.165, 1.54) is 24.3 Å². The van der Waals surface area contributed by atoms with Crippen LogP contribution < -0.4 is 9.47 Å². The van der Waals surface area contributed by atoms with E-state index in [2.05, 4.69) is 6.92 Å². The molecule has 0 bridgehead atoms. The summed E-state index contributed by atoms with van der Waals surface area (Å²) in [6, 6.07) is 11.9. The van der Waals surface area contributed by atoms with Gasteiger partial charge >= 0.3 is 0 Å². The number of aliphatic hydroxyl groups is 1. The van der Waals surface area contributed by atoms with Gasteiger partial charge in [0.1, 0.15) is 11.5 Å². The SMILES string of the molecule is CCCCOc1ccc(/C=C/C(O)=CC(=O)/C=C/c2ccc(O)cc2)cc1OC. The van der Waals surface area contributed by atoms with Crippen LogP contribution in [0.3, 0.4) is 0 Å². The summed E-state index contributed by atoms with van der Waals surface area (Å²) in [5.41, 5.74) is 1.57. The molecule has 2 N–H and O–H groups in total.